The minimum atomic E-state index is -4.57. The SMILES string of the molecule is COC(=O)c1ccc(N)cc1.COC(=O)c1ccc(Nc2nc(Cl)nc(OCC(F)(F)F)n2)cc1.COC(=O)c1ccc(Nc2nc(NCc3ccc(Cl)cc3)nc(OCC(F)(F)F)n2)cc1.Clc1nc(Cl)nc(Cl)n1.FC(F)(F)COc1nc(Cl)nc(Cl)n1.NCc1ccc(Cl)cc1.O=C(O)c1ccc(Nc2nc(NCc3ccc(Cl)cc3)nc(OCC(F)(F)F)n2)cc1.OCC(F)(F)F. The van der Waals surface area contributed by atoms with E-state index in [1.807, 2.05) is 24.3 Å². The first-order valence-corrected chi connectivity index (χ1v) is 39.8. The number of rotatable bonds is 25. The number of hydrogen-bond acceptors (Lipinski definition) is 34. The molecule has 0 aliphatic heterocycles. The highest BCUT2D eigenvalue weighted by molar-refractivity contribution is 6.34. The molecule has 0 spiro atoms. The number of benzene rings is 7. The number of nitrogens with zero attached hydrogens (tertiary/aromatic N) is 15. The Morgan fingerprint density at radius 3 is 0.816 bits per heavy atom. The molecule has 7 aromatic carbocycles. The number of carboxylic acid groups (broad SMARTS) is 1. The minimum absolute atomic E-state index is 0.000000000000000444. The normalized spacial score (nSPS) is 10.8. The molecule has 0 atom stereocenters. The molecule has 35 nitrogen and oxygen atoms in total. The largest absolute Gasteiger partial charge is 0.478 e. The molecule has 0 radical (unpaired) electrons. The van der Waals surface area contributed by atoms with Crippen LogP contribution in [0, 0.1) is 0 Å². The van der Waals surface area contributed by atoms with Gasteiger partial charge in [-0.2, -0.15) is 141 Å². The van der Waals surface area contributed by atoms with Crippen molar-refractivity contribution in [1.82, 2.24) is 74.8 Å². The van der Waals surface area contributed by atoms with Crippen LogP contribution >= 0.6 is 104 Å². The van der Waals surface area contributed by atoms with Crippen molar-refractivity contribution in [2.24, 2.45) is 5.73 Å². The number of aromatic carboxylic acids is 1. The van der Waals surface area contributed by atoms with Gasteiger partial charge in [0.25, 0.3) is 0 Å². The maximum atomic E-state index is 12.5. The summed E-state index contributed by atoms with van der Waals surface area (Å²) in [4.78, 5) is 99.4. The fraction of sp³-hybridized carbons (Fsp3) is 0.208. The van der Waals surface area contributed by atoms with Gasteiger partial charge in [-0.1, -0.05) is 71.2 Å². The Hall–Kier alpha value is -13.1. The Morgan fingerprint density at radius 2 is 0.551 bits per heavy atom. The third-order valence-corrected chi connectivity index (χ3v) is 16.1. The molecule has 11 N–H and O–H groups in total. The molecule has 5 heterocycles. The molecule has 0 saturated carbocycles. The topological polar surface area (TPSA) is 479 Å². The van der Waals surface area contributed by atoms with Gasteiger partial charge >= 0.3 is 78.8 Å². The summed E-state index contributed by atoms with van der Waals surface area (Å²) in [6.07, 6.45) is -22.5. The molecule has 0 unspecified atom stereocenters. The lowest BCUT2D eigenvalue weighted by molar-refractivity contribution is -0.159. The Labute approximate surface area is 801 Å². The van der Waals surface area contributed by atoms with Crippen LogP contribution < -0.4 is 57.0 Å². The quantitative estimate of drug-likeness (QED) is 0.0111. The molecule has 0 amide bonds. The Kier molecular flexibility index (Phi) is 46.5. The van der Waals surface area contributed by atoms with Gasteiger partial charge in [0.1, 0.15) is 6.61 Å². The van der Waals surface area contributed by atoms with E-state index in [0.717, 1.165) is 21.7 Å². The van der Waals surface area contributed by atoms with Crippen molar-refractivity contribution in [3.8, 4) is 24.0 Å². The summed E-state index contributed by atoms with van der Waals surface area (Å²) in [7, 11) is 3.86. The van der Waals surface area contributed by atoms with Gasteiger partial charge in [-0.05, 0) is 220 Å². The number of halogens is 24. The van der Waals surface area contributed by atoms with E-state index in [4.69, 9.17) is 126 Å². The number of methoxy groups -OCH3 is 3. The molecule has 5 aromatic heterocycles. The van der Waals surface area contributed by atoms with E-state index >= 15 is 0 Å². The number of carbonyl (C=O) groups excluding carboxylic acids is 3. The van der Waals surface area contributed by atoms with E-state index < -0.39 is 106 Å². The van der Waals surface area contributed by atoms with Crippen LogP contribution in [0.25, 0.3) is 0 Å². The first-order valence-electron chi connectivity index (χ1n) is 36.4. The average Bonchev–Trinajstić information content (AvgIpc) is 0.845. The van der Waals surface area contributed by atoms with Crippen LogP contribution in [0.4, 0.5) is 118 Å². The molecule has 0 saturated heterocycles. The molecule has 0 aliphatic rings. The van der Waals surface area contributed by atoms with Gasteiger partial charge in [0.05, 0.1) is 43.6 Å². The maximum absolute atomic E-state index is 12.5. The first-order chi connectivity index (χ1) is 63.8. The number of hydrogen-bond donors (Lipinski definition) is 9. The second-order valence-corrected chi connectivity index (χ2v) is 28.1. The van der Waals surface area contributed by atoms with E-state index in [2.05, 4.69) is 135 Å². The van der Waals surface area contributed by atoms with Gasteiger partial charge in [0.2, 0.25) is 61.4 Å². The van der Waals surface area contributed by atoms with Crippen LogP contribution in [0.1, 0.15) is 58.1 Å². The van der Waals surface area contributed by atoms with Crippen LogP contribution in [-0.4, -0.2) is 194 Å². The van der Waals surface area contributed by atoms with Crippen LogP contribution in [-0.2, 0) is 33.8 Å². The number of ether oxygens (including phenoxy) is 7. The number of nitrogens with one attached hydrogen (secondary N) is 5. The number of aliphatic hydroxyl groups excluding tert-OH is 1. The highest BCUT2D eigenvalue weighted by Gasteiger charge is 2.33. The van der Waals surface area contributed by atoms with Crippen molar-refractivity contribution < 1.29 is 128 Å². The van der Waals surface area contributed by atoms with Crippen molar-refractivity contribution in [3.63, 3.8) is 0 Å². The molecule has 0 fully saturated rings. The first kappa shape index (κ1) is 113. The Bertz CT molecular complexity index is 5710. The van der Waals surface area contributed by atoms with Gasteiger partial charge in [-0.3, -0.25) is 0 Å². The zero-order valence-electron chi connectivity index (χ0n) is 68.6. The predicted octanol–water partition coefficient (Wildman–Crippen LogP) is 19.5. The van der Waals surface area contributed by atoms with E-state index in [1.54, 1.807) is 84.9 Å². The van der Waals surface area contributed by atoms with Gasteiger partial charge in [-0.25, -0.2) is 19.2 Å². The predicted molar refractivity (Wildman–Crippen MR) is 466 cm³/mol. The number of carboxylic acids is 1. The molecule has 59 heteroatoms. The molecule has 12 rings (SSSR count). The molecule has 0 aliphatic carbocycles. The summed E-state index contributed by atoms with van der Waals surface area (Å²) in [5.74, 6) is -2.73. The summed E-state index contributed by atoms with van der Waals surface area (Å²) in [6, 6.07) is 43.6. The third-order valence-electron chi connectivity index (χ3n) is 14.3. The number of alkyl halides is 15. The maximum Gasteiger partial charge on any atom is 0.422 e. The number of anilines is 9. The minimum Gasteiger partial charge on any atom is -0.478 e. The van der Waals surface area contributed by atoms with Crippen molar-refractivity contribution in [1.29, 1.82) is 0 Å². The molecular weight excluding hydrogens is 2050 g/mol. The molecular formula is C77H64Cl9F15N22O13. The number of aliphatic hydroxyl groups is 1. The lowest BCUT2D eigenvalue weighted by atomic mass is 10.2. The second kappa shape index (κ2) is 55.7. The van der Waals surface area contributed by atoms with Crippen molar-refractivity contribution in [2.45, 2.75) is 50.5 Å². The van der Waals surface area contributed by atoms with Crippen molar-refractivity contribution in [3.05, 3.63) is 256 Å². The average molecular weight is 2110 g/mol. The number of nitrogen functional groups attached to an aromatic ring is 1. The van der Waals surface area contributed by atoms with E-state index in [1.165, 1.54) is 82.0 Å². The summed E-state index contributed by atoms with van der Waals surface area (Å²) in [5.41, 5.74) is 16.8. The number of esters is 3. The van der Waals surface area contributed by atoms with Gasteiger partial charge in [0.15, 0.2) is 26.4 Å². The fourth-order valence-electron chi connectivity index (χ4n) is 8.45. The smallest absolute Gasteiger partial charge is 0.422 e. The third kappa shape index (κ3) is 48.2. The highest BCUT2D eigenvalue weighted by atomic mass is 35.5. The molecule has 0 bridgehead atoms. The van der Waals surface area contributed by atoms with Gasteiger partial charge in [-0.15, -0.1) is 0 Å². The fourth-order valence-corrected chi connectivity index (χ4v) is 9.94. The zero-order valence-corrected chi connectivity index (χ0v) is 75.4. The van der Waals surface area contributed by atoms with Crippen LogP contribution in [0.3, 0.4) is 0 Å². The standard InChI is InChI=1S/C20H17ClF3N5O3.C19H15ClF3N5O3.C13H10ClF3N4O3.C8H9NO2.C7H8ClN.C5H2Cl2F3N3O.C3Cl3N3.C2H3F3O/c1-31-16(30)13-4-8-15(9-5-13)26-18-27-17(25-10-12-2-6-14(21)7-3-12)28-19(29-18)32-11-20(22,23)24;20-13-5-1-11(2-6-13)9-24-16-26-17(28-18(27-16)31-10-19(21,22)23)25-14-7-3-12(4-8-14)15(29)30;1-23-9(22)7-2-4-8(5-3-7)18-11-19-10(14)20-12(21-11)24-6-13(15,16)17;1-11-8(10)6-2-4-7(9)5-3-6;8-7-3-1-6(5-9)2-4-7;6-2-11-3(7)13-4(12-2)14-1-5(8,9)10;4-1-7-2(5)9-3(6)8-1;3-2(4,5)1-6/h2-9H,10-11H2,1H3,(H2,25,26,27,28,29);1-8H,9-10H2,(H,29,30)(H2,24,25,26,27,28);2-5H,6H2,1H3,(H,18,19,20,21);2-5H,9H2,1H3;1-4H,5,9H2;1H2;;6H,1H2. The van der Waals surface area contributed by atoms with Crippen LogP contribution in [0.15, 0.2) is 170 Å². The Morgan fingerprint density at radius 1 is 0.316 bits per heavy atom. The van der Waals surface area contributed by atoms with E-state index in [-0.39, 0.29) is 86.1 Å². The zero-order chi connectivity index (χ0) is 101. The van der Waals surface area contributed by atoms with Gasteiger partial charge in [0, 0.05) is 57.5 Å². The monoisotopic (exact) mass is 2100 g/mol. The molecule has 728 valence electrons. The van der Waals surface area contributed by atoms with Gasteiger partial charge < -0.3 is 81.4 Å². The lowest BCUT2D eigenvalue weighted by Gasteiger charge is -2.12. The number of nitrogens with two attached hydrogens (primary N) is 2. The number of carbonyl (C=O) groups is 4. The highest BCUT2D eigenvalue weighted by Crippen LogP contribution is 2.28. The van der Waals surface area contributed by atoms with Crippen molar-refractivity contribution in [2.75, 3.05) is 86.7 Å². The molecule has 136 heavy (non-hydrogen) atoms. The summed E-state index contributed by atoms with van der Waals surface area (Å²) >= 11 is 49.5. The summed E-state index contributed by atoms with van der Waals surface area (Å²) < 4.78 is 210. The summed E-state index contributed by atoms with van der Waals surface area (Å²) in [5, 5.41) is 31.2. The van der Waals surface area contributed by atoms with E-state index in [0.29, 0.717) is 56.0 Å². The van der Waals surface area contributed by atoms with E-state index in [9.17, 15) is 85.0 Å². The van der Waals surface area contributed by atoms with Crippen molar-refractivity contribution >= 4 is 181 Å². The Balaban J connectivity index is 0.000000291. The summed E-state index contributed by atoms with van der Waals surface area (Å²) in [6.45, 7) is -6.78. The molecule has 12 aromatic rings. The lowest BCUT2D eigenvalue weighted by Crippen LogP contribution is -2.21. The number of aromatic nitrogens is 15. The van der Waals surface area contributed by atoms with Crippen LogP contribution in [0.5, 0.6) is 24.0 Å². The van der Waals surface area contributed by atoms with Crippen LogP contribution in [0.2, 0.25) is 46.8 Å². The second-order valence-electron chi connectivity index (χ2n) is 24.7.